The minimum atomic E-state index is -0.186. The van der Waals surface area contributed by atoms with Gasteiger partial charge >= 0.3 is 0 Å². The Morgan fingerprint density at radius 1 is 1.07 bits per heavy atom. The van der Waals surface area contributed by atoms with Crippen LogP contribution in [0.4, 0.5) is 0 Å². The number of amides is 2. The normalized spacial score (nSPS) is 11.2. The number of hydrogen-bond acceptors (Lipinski definition) is 4. The predicted molar refractivity (Wildman–Crippen MR) is 114 cm³/mol. The van der Waals surface area contributed by atoms with Crippen LogP contribution in [0.1, 0.15) is 53.5 Å². The van der Waals surface area contributed by atoms with Crippen LogP contribution < -0.4 is 5.32 Å². The van der Waals surface area contributed by atoms with Gasteiger partial charge in [0.2, 0.25) is 0 Å². The van der Waals surface area contributed by atoms with E-state index in [1.807, 2.05) is 70.2 Å². The number of hydrogen-bond donors (Lipinski definition) is 1. The van der Waals surface area contributed by atoms with Crippen molar-refractivity contribution in [3.63, 3.8) is 0 Å². The highest BCUT2D eigenvalue weighted by Crippen LogP contribution is 2.23. The lowest BCUT2D eigenvalue weighted by atomic mass is 10.0. The Morgan fingerprint density at radius 3 is 2.50 bits per heavy atom. The SMILES string of the molecule is CC(C)NC(=O)c1csc(CN(C(=O)c2cccc3ccccc23)C(C)C)n1. The van der Waals surface area contributed by atoms with Crippen LogP contribution in [0.3, 0.4) is 0 Å². The van der Waals surface area contributed by atoms with E-state index in [1.54, 1.807) is 10.3 Å². The van der Waals surface area contributed by atoms with E-state index in [4.69, 9.17) is 0 Å². The van der Waals surface area contributed by atoms with Crippen molar-refractivity contribution in [2.75, 3.05) is 0 Å². The van der Waals surface area contributed by atoms with Crippen LogP contribution in [0.2, 0.25) is 0 Å². The van der Waals surface area contributed by atoms with Crippen molar-refractivity contribution >= 4 is 33.9 Å². The highest BCUT2D eigenvalue weighted by atomic mass is 32.1. The zero-order chi connectivity index (χ0) is 20.3. The second-order valence-corrected chi connectivity index (χ2v) is 8.25. The van der Waals surface area contributed by atoms with Gasteiger partial charge in [0.1, 0.15) is 10.7 Å². The van der Waals surface area contributed by atoms with E-state index in [-0.39, 0.29) is 23.9 Å². The molecule has 1 N–H and O–H groups in total. The van der Waals surface area contributed by atoms with Gasteiger partial charge in [0.15, 0.2) is 0 Å². The van der Waals surface area contributed by atoms with Gasteiger partial charge in [-0.1, -0.05) is 36.4 Å². The maximum atomic E-state index is 13.3. The van der Waals surface area contributed by atoms with E-state index in [2.05, 4.69) is 10.3 Å². The minimum absolute atomic E-state index is 0.00306. The molecule has 0 aliphatic carbocycles. The lowest BCUT2D eigenvalue weighted by Gasteiger charge is -2.26. The molecule has 2 amide bonds. The van der Waals surface area contributed by atoms with Crippen molar-refractivity contribution in [2.45, 2.75) is 46.3 Å². The van der Waals surface area contributed by atoms with Crippen molar-refractivity contribution < 1.29 is 9.59 Å². The molecule has 5 nitrogen and oxygen atoms in total. The van der Waals surface area contributed by atoms with Gasteiger partial charge < -0.3 is 10.2 Å². The lowest BCUT2D eigenvalue weighted by Crippen LogP contribution is -2.36. The molecular formula is C22H25N3O2S. The molecule has 0 saturated heterocycles. The van der Waals surface area contributed by atoms with Gasteiger partial charge in [-0.15, -0.1) is 11.3 Å². The van der Waals surface area contributed by atoms with Crippen molar-refractivity contribution in [1.29, 1.82) is 0 Å². The Kier molecular flexibility index (Phi) is 6.09. The van der Waals surface area contributed by atoms with Crippen molar-refractivity contribution in [2.24, 2.45) is 0 Å². The molecule has 0 aliphatic rings. The Balaban J connectivity index is 1.85. The second kappa shape index (κ2) is 8.52. The van der Waals surface area contributed by atoms with E-state index in [1.165, 1.54) is 11.3 Å². The first-order chi connectivity index (χ1) is 13.4. The van der Waals surface area contributed by atoms with Crippen LogP contribution in [0.5, 0.6) is 0 Å². The largest absolute Gasteiger partial charge is 0.349 e. The van der Waals surface area contributed by atoms with E-state index in [0.29, 0.717) is 17.8 Å². The summed E-state index contributed by atoms with van der Waals surface area (Å²) in [6.45, 7) is 8.18. The number of thiazole rings is 1. The number of nitrogens with one attached hydrogen (secondary N) is 1. The summed E-state index contributed by atoms with van der Waals surface area (Å²) in [4.78, 5) is 31.7. The highest BCUT2D eigenvalue weighted by Gasteiger charge is 2.22. The number of carbonyl (C=O) groups excluding carboxylic acids is 2. The Morgan fingerprint density at radius 2 is 1.79 bits per heavy atom. The fraction of sp³-hybridized carbons (Fsp3) is 0.318. The third-order valence-corrected chi connectivity index (χ3v) is 5.25. The van der Waals surface area contributed by atoms with E-state index in [9.17, 15) is 9.59 Å². The summed E-state index contributed by atoms with van der Waals surface area (Å²) in [5.74, 6) is -0.218. The average molecular weight is 396 g/mol. The minimum Gasteiger partial charge on any atom is -0.349 e. The van der Waals surface area contributed by atoms with Gasteiger partial charge in [0.05, 0.1) is 6.54 Å². The fourth-order valence-electron chi connectivity index (χ4n) is 3.03. The van der Waals surface area contributed by atoms with Crippen LogP contribution in [0.15, 0.2) is 47.8 Å². The molecule has 2 aromatic carbocycles. The summed E-state index contributed by atoms with van der Waals surface area (Å²) < 4.78 is 0. The van der Waals surface area contributed by atoms with Gasteiger partial charge in [-0.3, -0.25) is 9.59 Å². The zero-order valence-corrected chi connectivity index (χ0v) is 17.4. The number of rotatable bonds is 6. The topological polar surface area (TPSA) is 62.3 Å². The quantitative estimate of drug-likeness (QED) is 0.669. The molecule has 3 rings (SSSR count). The third kappa shape index (κ3) is 4.39. The smallest absolute Gasteiger partial charge is 0.270 e. The number of aromatic nitrogens is 1. The van der Waals surface area contributed by atoms with Gasteiger partial charge in [0, 0.05) is 23.0 Å². The molecule has 0 spiro atoms. The molecule has 146 valence electrons. The highest BCUT2D eigenvalue weighted by molar-refractivity contribution is 7.09. The molecule has 0 aliphatic heterocycles. The summed E-state index contributed by atoms with van der Waals surface area (Å²) in [6.07, 6.45) is 0. The van der Waals surface area contributed by atoms with Gasteiger partial charge in [-0.2, -0.15) is 0 Å². The first-order valence-corrected chi connectivity index (χ1v) is 10.3. The van der Waals surface area contributed by atoms with Crippen molar-refractivity contribution in [3.8, 4) is 0 Å². The summed E-state index contributed by atoms with van der Waals surface area (Å²) in [7, 11) is 0. The average Bonchev–Trinajstić information content (AvgIpc) is 3.13. The van der Waals surface area contributed by atoms with Crippen LogP contribution in [-0.4, -0.2) is 33.8 Å². The first-order valence-electron chi connectivity index (χ1n) is 9.40. The maximum absolute atomic E-state index is 13.3. The van der Waals surface area contributed by atoms with E-state index < -0.39 is 0 Å². The van der Waals surface area contributed by atoms with E-state index >= 15 is 0 Å². The molecule has 6 heteroatoms. The molecular weight excluding hydrogens is 370 g/mol. The number of nitrogens with zero attached hydrogens (tertiary/aromatic N) is 2. The molecule has 0 bridgehead atoms. The van der Waals surface area contributed by atoms with Crippen molar-refractivity contribution in [1.82, 2.24) is 15.2 Å². The lowest BCUT2D eigenvalue weighted by molar-refractivity contribution is 0.0692. The van der Waals surface area contributed by atoms with E-state index in [0.717, 1.165) is 15.8 Å². The zero-order valence-electron chi connectivity index (χ0n) is 16.6. The van der Waals surface area contributed by atoms with Gasteiger partial charge in [0.25, 0.3) is 11.8 Å². The summed E-state index contributed by atoms with van der Waals surface area (Å²) in [5.41, 5.74) is 1.08. The number of benzene rings is 2. The molecule has 28 heavy (non-hydrogen) atoms. The predicted octanol–water partition coefficient (Wildman–Crippen LogP) is 4.49. The van der Waals surface area contributed by atoms with Gasteiger partial charge in [-0.05, 0) is 44.5 Å². The summed E-state index contributed by atoms with van der Waals surface area (Å²) >= 11 is 1.40. The fourth-order valence-corrected chi connectivity index (χ4v) is 3.80. The molecule has 0 radical (unpaired) electrons. The summed E-state index contributed by atoms with van der Waals surface area (Å²) in [5, 5.41) is 7.31. The number of carbonyl (C=O) groups is 2. The Labute approximate surface area is 169 Å². The molecule has 0 unspecified atom stereocenters. The van der Waals surface area contributed by atoms with Gasteiger partial charge in [-0.25, -0.2) is 4.98 Å². The first kappa shape index (κ1) is 20.0. The maximum Gasteiger partial charge on any atom is 0.270 e. The molecule has 1 heterocycles. The summed E-state index contributed by atoms with van der Waals surface area (Å²) in [6, 6.07) is 13.7. The Hall–Kier alpha value is -2.73. The van der Waals surface area contributed by atoms with Crippen LogP contribution in [-0.2, 0) is 6.54 Å². The standard InChI is InChI=1S/C22H25N3O2S/c1-14(2)23-21(26)19-13-28-20(24-19)12-25(15(3)4)22(27)18-11-7-9-16-8-5-6-10-17(16)18/h5-11,13-15H,12H2,1-4H3,(H,23,26). The molecule has 3 aromatic rings. The second-order valence-electron chi connectivity index (χ2n) is 7.31. The third-order valence-electron chi connectivity index (χ3n) is 4.41. The van der Waals surface area contributed by atoms with Crippen LogP contribution >= 0.6 is 11.3 Å². The van der Waals surface area contributed by atoms with Crippen molar-refractivity contribution in [3.05, 3.63) is 64.1 Å². The monoisotopic (exact) mass is 395 g/mol. The number of fused-ring (bicyclic) bond motifs is 1. The molecule has 1 aromatic heterocycles. The molecule has 0 fully saturated rings. The molecule has 0 atom stereocenters. The van der Waals surface area contributed by atoms with Crippen LogP contribution in [0.25, 0.3) is 10.8 Å². The molecule has 0 saturated carbocycles. The van der Waals surface area contributed by atoms with Crippen LogP contribution in [0, 0.1) is 0 Å². The Bertz CT molecular complexity index is 989.